The molecular formula is C14H16F2N2O3S2. The fourth-order valence-corrected chi connectivity index (χ4v) is 3.44. The predicted octanol–water partition coefficient (Wildman–Crippen LogP) is 2.58. The fourth-order valence-electron chi connectivity index (χ4n) is 2.03. The number of ether oxygens (including phenoxy) is 2. The molecule has 1 saturated heterocycles. The Hall–Kier alpha value is -1.61. The summed E-state index contributed by atoms with van der Waals surface area (Å²) in [7, 11) is 1.36. The van der Waals surface area contributed by atoms with Crippen LogP contribution in [0.3, 0.4) is 0 Å². The van der Waals surface area contributed by atoms with E-state index in [1.54, 1.807) is 12.1 Å². The second-order valence-electron chi connectivity index (χ2n) is 4.66. The summed E-state index contributed by atoms with van der Waals surface area (Å²) in [6, 6.07) is 6.06. The van der Waals surface area contributed by atoms with Gasteiger partial charge in [0.2, 0.25) is 0 Å². The summed E-state index contributed by atoms with van der Waals surface area (Å²) in [6.07, 6.45) is 0. The van der Waals surface area contributed by atoms with Gasteiger partial charge in [-0.3, -0.25) is 4.79 Å². The van der Waals surface area contributed by atoms with Gasteiger partial charge in [0.1, 0.15) is 11.0 Å². The number of methoxy groups -OCH3 is 1. The van der Waals surface area contributed by atoms with E-state index in [1.807, 2.05) is 4.90 Å². The number of anilines is 1. The lowest BCUT2D eigenvalue weighted by Gasteiger charge is -2.33. The zero-order valence-electron chi connectivity index (χ0n) is 12.3. The van der Waals surface area contributed by atoms with Gasteiger partial charge in [-0.1, -0.05) is 0 Å². The van der Waals surface area contributed by atoms with Gasteiger partial charge in [-0.2, -0.15) is 8.78 Å². The van der Waals surface area contributed by atoms with E-state index in [0.717, 1.165) is 12.3 Å². The van der Waals surface area contributed by atoms with Gasteiger partial charge in [0.15, 0.2) is 5.11 Å². The molecule has 1 heterocycles. The third kappa shape index (κ3) is 5.21. The van der Waals surface area contributed by atoms with Gasteiger partial charge in [0.05, 0.1) is 7.11 Å². The number of benzene rings is 1. The van der Waals surface area contributed by atoms with Crippen LogP contribution in [0, 0.1) is 0 Å². The number of hydrogen-bond donors (Lipinski definition) is 1. The minimum atomic E-state index is -2.85. The quantitative estimate of drug-likeness (QED) is 0.653. The minimum Gasteiger partial charge on any atom is -0.468 e. The molecule has 1 aliphatic heterocycles. The molecule has 23 heavy (non-hydrogen) atoms. The highest BCUT2D eigenvalue weighted by Crippen LogP contribution is 2.22. The molecule has 9 heteroatoms. The van der Waals surface area contributed by atoms with Crippen molar-refractivity contribution in [3.8, 4) is 5.75 Å². The maximum atomic E-state index is 12.1. The van der Waals surface area contributed by atoms with Crippen molar-refractivity contribution in [2.24, 2.45) is 0 Å². The molecule has 1 aromatic carbocycles. The number of rotatable bonds is 4. The van der Waals surface area contributed by atoms with Crippen molar-refractivity contribution in [3.63, 3.8) is 0 Å². The van der Waals surface area contributed by atoms with E-state index in [-0.39, 0.29) is 17.0 Å². The molecule has 1 N–H and O–H groups in total. The molecule has 1 fully saturated rings. The van der Waals surface area contributed by atoms with E-state index >= 15 is 0 Å². The summed E-state index contributed by atoms with van der Waals surface area (Å²) in [5, 5.41) is 3.23. The molecule has 0 spiro atoms. The fraction of sp³-hybridized carbons (Fsp3) is 0.429. The highest BCUT2D eigenvalue weighted by molar-refractivity contribution is 8.00. The topological polar surface area (TPSA) is 50.8 Å². The summed E-state index contributed by atoms with van der Waals surface area (Å²) in [5.41, 5.74) is 0.657. The van der Waals surface area contributed by atoms with Crippen LogP contribution < -0.4 is 10.1 Å². The van der Waals surface area contributed by atoms with E-state index in [1.165, 1.54) is 31.0 Å². The first-order valence-corrected chi connectivity index (χ1v) is 8.25. The summed E-state index contributed by atoms with van der Waals surface area (Å²) in [4.78, 5) is 13.5. The average Bonchev–Trinajstić information content (AvgIpc) is 2.55. The van der Waals surface area contributed by atoms with E-state index in [0.29, 0.717) is 17.3 Å². The first-order valence-electron chi connectivity index (χ1n) is 6.80. The third-order valence-corrected chi connectivity index (χ3v) is 4.67. The van der Waals surface area contributed by atoms with Crippen molar-refractivity contribution in [2.45, 2.75) is 11.9 Å². The maximum absolute atomic E-state index is 12.1. The Bertz CT molecular complexity index is 557. The van der Waals surface area contributed by atoms with E-state index in [9.17, 15) is 13.6 Å². The number of nitrogens with zero attached hydrogens (tertiary/aromatic N) is 1. The summed E-state index contributed by atoms with van der Waals surface area (Å²) in [5.74, 6) is 0.579. The Balaban J connectivity index is 1.92. The van der Waals surface area contributed by atoms with Crippen LogP contribution in [0.5, 0.6) is 5.75 Å². The van der Waals surface area contributed by atoms with E-state index in [2.05, 4.69) is 10.1 Å². The monoisotopic (exact) mass is 362 g/mol. The zero-order valence-corrected chi connectivity index (χ0v) is 14.0. The predicted molar refractivity (Wildman–Crippen MR) is 89.1 cm³/mol. The number of esters is 1. The number of carbonyl (C=O) groups excluding carboxylic acids is 1. The standard InChI is InChI=1S/C14H16F2N2O3S2/c1-20-12(19)11-8-18(6-7-23-11)14(22)17-9-2-4-10(5-3-9)21-13(15)16/h2-5,11,13H,6-8H2,1H3,(H,17,22)/t11-/m1/s1. The third-order valence-electron chi connectivity index (χ3n) is 3.15. The lowest BCUT2D eigenvalue weighted by atomic mass is 10.3. The smallest absolute Gasteiger partial charge is 0.387 e. The SMILES string of the molecule is COC(=O)[C@H]1CN(C(=S)Nc2ccc(OC(F)F)cc2)CCS1. The van der Waals surface area contributed by atoms with E-state index < -0.39 is 6.61 Å². The number of alkyl halides is 2. The number of thiocarbonyl (C=S) groups is 1. The summed E-state index contributed by atoms with van der Waals surface area (Å²) >= 11 is 6.88. The Morgan fingerprint density at radius 1 is 1.43 bits per heavy atom. The molecule has 0 aromatic heterocycles. The number of carbonyl (C=O) groups is 1. The highest BCUT2D eigenvalue weighted by Gasteiger charge is 2.28. The molecule has 0 saturated carbocycles. The van der Waals surface area contributed by atoms with Gasteiger partial charge in [-0.25, -0.2) is 0 Å². The molecule has 0 aliphatic carbocycles. The van der Waals surface area contributed by atoms with Crippen molar-refractivity contribution in [1.29, 1.82) is 0 Å². The molecule has 1 atom stereocenters. The second kappa shape index (κ2) is 8.30. The normalized spacial score (nSPS) is 17.7. The van der Waals surface area contributed by atoms with Crippen LogP contribution in [-0.4, -0.2) is 53.8 Å². The van der Waals surface area contributed by atoms with Gasteiger partial charge in [0, 0.05) is 24.5 Å². The average molecular weight is 362 g/mol. The van der Waals surface area contributed by atoms with Crippen molar-refractivity contribution in [1.82, 2.24) is 4.90 Å². The maximum Gasteiger partial charge on any atom is 0.387 e. The van der Waals surface area contributed by atoms with Gasteiger partial charge in [-0.15, -0.1) is 11.8 Å². The van der Waals surface area contributed by atoms with Crippen molar-refractivity contribution in [3.05, 3.63) is 24.3 Å². The van der Waals surface area contributed by atoms with Crippen LogP contribution in [0.1, 0.15) is 0 Å². The van der Waals surface area contributed by atoms with Crippen LogP contribution >= 0.6 is 24.0 Å². The molecule has 1 aliphatic rings. The van der Waals surface area contributed by atoms with Crippen LogP contribution in [0.2, 0.25) is 0 Å². The highest BCUT2D eigenvalue weighted by atomic mass is 32.2. The molecule has 0 radical (unpaired) electrons. The van der Waals surface area contributed by atoms with Gasteiger partial charge < -0.3 is 19.7 Å². The number of halogens is 2. The van der Waals surface area contributed by atoms with Crippen LogP contribution in [-0.2, 0) is 9.53 Å². The first-order chi connectivity index (χ1) is 11.0. The molecule has 2 rings (SSSR count). The summed E-state index contributed by atoms with van der Waals surface area (Å²) < 4.78 is 33.2. The van der Waals surface area contributed by atoms with Crippen LogP contribution in [0.25, 0.3) is 0 Å². The lowest BCUT2D eigenvalue weighted by Crippen LogP contribution is -2.46. The summed E-state index contributed by atoms with van der Waals surface area (Å²) in [6.45, 7) is -1.66. The zero-order chi connectivity index (χ0) is 16.8. The Morgan fingerprint density at radius 2 is 2.13 bits per heavy atom. The number of hydrogen-bond acceptors (Lipinski definition) is 5. The molecule has 5 nitrogen and oxygen atoms in total. The van der Waals surface area contributed by atoms with Crippen molar-refractivity contribution >= 4 is 40.7 Å². The van der Waals surface area contributed by atoms with Crippen LogP contribution in [0.15, 0.2) is 24.3 Å². The Labute approximate surface area is 142 Å². The van der Waals surface area contributed by atoms with Gasteiger partial charge in [-0.05, 0) is 36.5 Å². The van der Waals surface area contributed by atoms with Gasteiger partial charge >= 0.3 is 12.6 Å². The van der Waals surface area contributed by atoms with Crippen molar-refractivity contribution in [2.75, 3.05) is 31.3 Å². The molecule has 1 aromatic rings. The van der Waals surface area contributed by atoms with Gasteiger partial charge in [0.25, 0.3) is 0 Å². The molecule has 126 valence electrons. The first kappa shape index (κ1) is 17.7. The Kier molecular flexibility index (Phi) is 6.40. The number of nitrogens with one attached hydrogen (secondary N) is 1. The molecule has 0 unspecified atom stereocenters. The van der Waals surface area contributed by atoms with Crippen LogP contribution in [0.4, 0.5) is 14.5 Å². The Morgan fingerprint density at radius 3 is 2.74 bits per heavy atom. The largest absolute Gasteiger partial charge is 0.468 e. The number of thioether (sulfide) groups is 1. The molecule has 0 bridgehead atoms. The van der Waals surface area contributed by atoms with E-state index in [4.69, 9.17) is 17.0 Å². The second-order valence-corrected chi connectivity index (χ2v) is 6.36. The van der Waals surface area contributed by atoms with Crippen molar-refractivity contribution < 1.29 is 23.0 Å². The molecular weight excluding hydrogens is 346 g/mol. The minimum absolute atomic E-state index is 0.0802. The lowest BCUT2D eigenvalue weighted by molar-refractivity contribution is -0.140. The molecule has 0 amide bonds.